The fraction of sp³-hybridized carbons (Fsp3) is 0.412. The number of rotatable bonds is 3. The smallest absolute Gasteiger partial charge is 0.341 e. The standard InChI is InChI=1S/C17H19FN4O3/c1-19-2-4-20(5-3-19)15-9-14-11(8-13(15)18)16(23)12(17(24)25)10-22(14)21-6-7-21/h8-10H,2-7H2,1H3,(H,24,25). The van der Waals surface area contributed by atoms with Crippen LogP contribution in [0.15, 0.2) is 23.1 Å². The summed E-state index contributed by atoms with van der Waals surface area (Å²) in [4.78, 5) is 28.0. The number of halogens is 1. The van der Waals surface area contributed by atoms with Crippen LogP contribution in [0.3, 0.4) is 0 Å². The molecule has 0 amide bonds. The van der Waals surface area contributed by atoms with Gasteiger partial charge in [-0.3, -0.25) is 9.47 Å². The number of pyridine rings is 1. The number of anilines is 1. The molecule has 1 aromatic carbocycles. The van der Waals surface area contributed by atoms with Crippen LogP contribution in [0.5, 0.6) is 0 Å². The van der Waals surface area contributed by atoms with Gasteiger partial charge in [0.25, 0.3) is 0 Å². The minimum atomic E-state index is -1.30. The molecule has 2 aliphatic heterocycles. The number of carbonyl (C=O) groups is 1. The molecule has 2 fully saturated rings. The maximum absolute atomic E-state index is 14.7. The molecule has 0 unspecified atom stereocenters. The van der Waals surface area contributed by atoms with Gasteiger partial charge in [0.15, 0.2) is 0 Å². The average Bonchev–Trinajstić information content (AvgIpc) is 3.41. The van der Waals surface area contributed by atoms with E-state index in [-0.39, 0.29) is 10.9 Å². The van der Waals surface area contributed by atoms with Crippen LogP contribution in [-0.4, -0.2) is 67.0 Å². The SMILES string of the molecule is CN1CCN(c2cc3c(cc2F)c(=O)c(C(=O)O)cn3N2CC2)CC1. The molecule has 1 N–H and O–H groups in total. The van der Waals surface area contributed by atoms with E-state index in [0.29, 0.717) is 24.3 Å². The number of nitrogens with zero attached hydrogens (tertiary/aromatic N) is 4. The zero-order chi connectivity index (χ0) is 17.7. The molecular formula is C17H19FN4O3. The Kier molecular flexibility index (Phi) is 3.64. The van der Waals surface area contributed by atoms with Crippen molar-refractivity contribution in [2.45, 2.75) is 0 Å². The minimum absolute atomic E-state index is 0.0992. The predicted molar refractivity (Wildman–Crippen MR) is 92.8 cm³/mol. The average molecular weight is 346 g/mol. The quantitative estimate of drug-likeness (QED) is 0.819. The molecule has 7 nitrogen and oxygen atoms in total. The van der Waals surface area contributed by atoms with Crippen molar-refractivity contribution < 1.29 is 14.3 Å². The fourth-order valence-electron chi connectivity index (χ4n) is 3.25. The van der Waals surface area contributed by atoms with E-state index in [1.54, 1.807) is 10.7 Å². The number of aromatic nitrogens is 1. The van der Waals surface area contributed by atoms with Crippen molar-refractivity contribution in [2.24, 2.45) is 0 Å². The second-order valence-corrected chi connectivity index (χ2v) is 6.59. The molecule has 0 bridgehead atoms. The van der Waals surface area contributed by atoms with Gasteiger partial charge in [0, 0.05) is 32.4 Å². The Hall–Kier alpha value is -2.61. The molecule has 1 aromatic heterocycles. The van der Waals surface area contributed by atoms with Gasteiger partial charge in [0.05, 0.1) is 29.7 Å². The Labute approximate surface area is 143 Å². The van der Waals surface area contributed by atoms with Crippen LogP contribution in [0.1, 0.15) is 10.4 Å². The third-order valence-corrected chi connectivity index (χ3v) is 4.86. The maximum atomic E-state index is 14.7. The van der Waals surface area contributed by atoms with Crippen LogP contribution < -0.4 is 15.3 Å². The molecule has 0 atom stereocenters. The molecule has 3 heterocycles. The van der Waals surface area contributed by atoms with E-state index >= 15 is 0 Å². The summed E-state index contributed by atoms with van der Waals surface area (Å²) in [5, 5.41) is 11.3. The lowest BCUT2D eigenvalue weighted by Crippen LogP contribution is -2.44. The molecule has 2 aromatic rings. The lowest BCUT2D eigenvalue weighted by atomic mass is 10.1. The first kappa shape index (κ1) is 15.9. The Balaban J connectivity index is 1.90. The summed E-state index contributed by atoms with van der Waals surface area (Å²) in [6.45, 7) is 4.65. The van der Waals surface area contributed by atoms with Crippen LogP contribution in [0.4, 0.5) is 10.1 Å². The number of carboxylic acid groups (broad SMARTS) is 1. The molecule has 0 aliphatic carbocycles. The Morgan fingerprint density at radius 3 is 2.40 bits per heavy atom. The highest BCUT2D eigenvalue weighted by Crippen LogP contribution is 2.27. The summed E-state index contributed by atoms with van der Waals surface area (Å²) in [5.74, 6) is -1.79. The number of likely N-dealkylation sites (N-methyl/N-ethyl adjacent to an activating group) is 1. The van der Waals surface area contributed by atoms with Crippen molar-refractivity contribution in [2.75, 3.05) is 56.2 Å². The number of benzene rings is 1. The van der Waals surface area contributed by atoms with Gasteiger partial charge in [-0.2, -0.15) is 0 Å². The van der Waals surface area contributed by atoms with Crippen molar-refractivity contribution in [3.8, 4) is 0 Å². The van der Waals surface area contributed by atoms with Crippen molar-refractivity contribution in [3.05, 3.63) is 39.9 Å². The highest BCUT2D eigenvalue weighted by Gasteiger charge is 2.25. The normalized spacial score (nSPS) is 18.0. The molecular weight excluding hydrogens is 327 g/mol. The molecule has 0 spiro atoms. The van der Waals surface area contributed by atoms with Gasteiger partial charge in [-0.25, -0.2) is 9.18 Å². The topological polar surface area (TPSA) is 68.8 Å². The third-order valence-electron chi connectivity index (χ3n) is 4.86. The highest BCUT2D eigenvalue weighted by atomic mass is 19.1. The number of aromatic carboxylic acids is 1. The number of fused-ring (bicyclic) bond motifs is 1. The van der Waals surface area contributed by atoms with E-state index in [1.807, 2.05) is 17.0 Å². The molecule has 2 aliphatic rings. The molecule has 132 valence electrons. The van der Waals surface area contributed by atoms with Crippen LogP contribution in [0.2, 0.25) is 0 Å². The van der Waals surface area contributed by atoms with E-state index in [9.17, 15) is 19.1 Å². The lowest BCUT2D eigenvalue weighted by Gasteiger charge is -2.34. The van der Waals surface area contributed by atoms with E-state index < -0.39 is 17.2 Å². The summed E-state index contributed by atoms with van der Waals surface area (Å²) in [6.07, 6.45) is 1.34. The fourth-order valence-corrected chi connectivity index (χ4v) is 3.25. The Bertz CT molecular complexity index is 914. The van der Waals surface area contributed by atoms with Gasteiger partial charge in [-0.15, -0.1) is 0 Å². The second-order valence-electron chi connectivity index (χ2n) is 6.59. The monoisotopic (exact) mass is 346 g/mol. The molecule has 0 saturated carbocycles. The van der Waals surface area contributed by atoms with Crippen molar-refractivity contribution in [1.82, 2.24) is 9.58 Å². The molecule has 4 rings (SSSR count). The van der Waals surface area contributed by atoms with E-state index in [0.717, 1.165) is 26.2 Å². The zero-order valence-corrected chi connectivity index (χ0v) is 13.9. The van der Waals surface area contributed by atoms with Crippen LogP contribution in [0, 0.1) is 5.82 Å². The van der Waals surface area contributed by atoms with Crippen LogP contribution in [0.25, 0.3) is 10.9 Å². The second kappa shape index (κ2) is 5.73. The summed E-state index contributed by atoms with van der Waals surface area (Å²) >= 11 is 0. The Morgan fingerprint density at radius 1 is 1.12 bits per heavy atom. The van der Waals surface area contributed by atoms with E-state index in [1.165, 1.54) is 12.3 Å². The van der Waals surface area contributed by atoms with Gasteiger partial charge in [0.1, 0.15) is 11.4 Å². The first-order chi connectivity index (χ1) is 12.0. The number of carboxylic acids is 1. The van der Waals surface area contributed by atoms with E-state index in [2.05, 4.69) is 4.90 Å². The summed E-state index contributed by atoms with van der Waals surface area (Å²) in [6, 6.07) is 2.85. The van der Waals surface area contributed by atoms with Gasteiger partial charge < -0.3 is 19.9 Å². The number of hydrogen-bond acceptors (Lipinski definition) is 5. The predicted octanol–water partition coefficient (Wildman–Crippen LogP) is 0.542. The number of piperazine rings is 1. The minimum Gasteiger partial charge on any atom is -0.477 e. The third kappa shape index (κ3) is 2.72. The molecule has 2 saturated heterocycles. The van der Waals surface area contributed by atoms with Crippen molar-refractivity contribution in [3.63, 3.8) is 0 Å². The van der Waals surface area contributed by atoms with Gasteiger partial charge in [-0.1, -0.05) is 0 Å². The molecule has 0 radical (unpaired) electrons. The number of hydrogen-bond donors (Lipinski definition) is 1. The van der Waals surface area contributed by atoms with Gasteiger partial charge in [0.2, 0.25) is 5.43 Å². The zero-order valence-electron chi connectivity index (χ0n) is 13.9. The maximum Gasteiger partial charge on any atom is 0.341 e. The summed E-state index contributed by atoms with van der Waals surface area (Å²) in [5.41, 5.74) is 0.0112. The molecule has 8 heteroatoms. The largest absolute Gasteiger partial charge is 0.477 e. The van der Waals surface area contributed by atoms with Crippen molar-refractivity contribution >= 4 is 22.6 Å². The first-order valence-electron chi connectivity index (χ1n) is 8.26. The van der Waals surface area contributed by atoms with Gasteiger partial charge >= 0.3 is 5.97 Å². The van der Waals surface area contributed by atoms with Gasteiger partial charge in [-0.05, 0) is 19.2 Å². The van der Waals surface area contributed by atoms with E-state index in [4.69, 9.17) is 0 Å². The first-order valence-corrected chi connectivity index (χ1v) is 8.26. The lowest BCUT2D eigenvalue weighted by molar-refractivity contribution is 0.0695. The molecule has 25 heavy (non-hydrogen) atoms. The van der Waals surface area contributed by atoms with Crippen LogP contribution in [-0.2, 0) is 0 Å². The summed E-state index contributed by atoms with van der Waals surface area (Å²) in [7, 11) is 2.03. The van der Waals surface area contributed by atoms with Crippen LogP contribution >= 0.6 is 0 Å². The summed E-state index contributed by atoms with van der Waals surface area (Å²) < 4.78 is 16.4. The Morgan fingerprint density at radius 2 is 1.80 bits per heavy atom. The highest BCUT2D eigenvalue weighted by molar-refractivity contribution is 5.93. The van der Waals surface area contributed by atoms with Crippen molar-refractivity contribution in [1.29, 1.82) is 0 Å².